The van der Waals surface area contributed by atoms with Gasteiger partial charge in [-0.25, -0.2) is 0 Å². The van der Waals surface area contributed by atoms with E-state index in [1.54, 1.807) is 0 Å². The van der Waals surface area contributed by atoms with Crippen LogP contribution >= 0.6 is 8.58 Å². The van der Waals surface area contributed by atoms with E-state index < -0.39 is 0 Å². The molecule has 0 N–H and O–H groups in total. The Morgan fingerprint density at radius 1 is 1.67 bits per heavy atom. The molecule has 0 saturated carbocycles. The van der Waals surface area contributed by atoms with Crippen molar-refractivity contribution >= 4 is 16.4 Å². The van der Waals surface area contributed by atoms with Crippen molar-refractivity contribution in [3.63, 3.8) is 0 Å². The monoisotopic (exact) mass is 176 g/mol. The Hall–Kier alpha value is 1.60. The molecule has 1 atom stereocenters. The predicted molar refractivity (Wildman–Crippen MR) is 31.3 cm³/mol. The van der Waals surface area contributed by atoms with Crippen molar-refractivity contribution in [3.05, 3.63) is 7.43 Å². The van der Waals surface area contributed by atoms with Crippen molar-refractivity contribution in [1.29, 1.82) is 0 Å². The number of hydrogen-bond donors (Lipinski definition) is 0. The molecule has 3 heteroatoms. The smallest absolute Gasteiger partial charge is 0.0712 e. The fourth-order valence-corrected chi connectivity index (χ4v) is 0. The summed E-state index contributed by atoms with van der Waals surface area (Å²) < 4.78 is 0. The van der Waals surface area contributed by atoms with E-state index in [1.165, 1.54) is 0 Å². The fourth-order valence-electron chi connectivity index (χ4n) is 0. The van der Waals surface area contributed by atoms with Crippen molar-refractivity contribution < 1.29 is 32.7 Å². The second kappa shape index (κ2) is 16.0. The van der Waals surface area contributed by atoms with Crippen molar-refractivity contribution in [3.8, 4) is 0 Å². The fraction of sp³-hybridized carbons (Fsp3) is 0.667. The van der Waals surface area contributed by atoms with Crippen LogP contribution in [0, 0.1) is 7.43 Å². The Morgan fingerprint density at radius 2 is 1.83 bits per heavy atom. The molecule has 0 rings (SSSR count). The van der Waals surface area contributed by atoms with Gasteiger partial charge in [0, 0.05) is 32.7 Å². The molecule has 0 spiro atoms. The minimum absolute atomic E-state index is 0. The van der Waals surface area contributed by atoms with Gasteiger partial charge in [0.25, 0.3) is 0 Å². The first kappa shape index (κ1) is 15.6. The van der Waals surface area contributed by atoms with E-state index in [-0.39, 0.29) is 40.1 Å². The molecule has 0 aromatic carbocycles. The Bertz CT molecular complexity index is 12.8. The van der Waals surface area contributed by atoms with Crippen LogP contribution in [-0.4, -0.2) is 20.6 Å². The maximum Gasteiger partial charge on any atom is 0.0712 e. The van der Waals surface area contributed by atoms with E-state index in [0.717, 1.165) is 14.6 Å². The summed E-state index contributed by atoms with van der Waals surface area (Å²) in [6.07, 6.45) is 0. The van der Waals surface area contributed by atoms with Crippen LogP contribution in [0.5, 0.6) is 0 Å². The second-order valence-corrected chi connectivity index (χ2v) is 1.67. The van der Waals surface area contributed by atoms with E-state index in [1.807, 2.05) is 0 Å². The summed E-state index contributed by atoms with van der Waals surface area (Å²) in [4.78, 5) is 0. The normalized spacial score (nSPS) is 6.83. The van der Waals surface area contributed by atoms with Crippen LogP contribution in [0.25, 0.3) is 0 Å². The summed E-state index contributed by atoms with van der Waals surface area (Å²) in [6, 6.07) is 0.847. The van der Waals surface area contributed by atoms with Crippen LogP contribution in [0.1, 0.15) is 0 Å². The topological polar surface area (TPSA) is 0 Å². The molecule has 0 aliphatic rings. The first-order valence-corrected chi connectivity index (χ1v) is 2.97. The molecule has 0 aliphatic carbocycles. The largest absolute Gasteiger partial charge is 0.358 e. The Balaban J connectivity index is -0.0000000450. The molecule has 0 heterocycles. The van der Waals surface area contributed by atoms with E-state index in [2.05, 4.69) is 6.66 Å². The van der Waals surface area contributed by atoms with Gasteiger partial charge in [0.15, 0.2) is 0 Å². The van der Waals surface area contributed by atoms with Gasteiger partial charge in [-0.15, -0.1) is 8.58 Å². The maximum absolute atomic E-state index is 5.04. The molecule has 0 nitrogen and oxygen atoms in total. The molecule has 0 aromatic heterocycles. The molecular formula is C3H9BPY-. The number of rotatable bonds is 1. The molecule has 1 unspecified atom stereocenters. The zero-order valence-electron chi connectivity index (χ0n) is 4.36. The van der Waals surface area contributed by atoms with E-state index in [0.29, 0.717) is 0 Å². The van der Waals surface area contributed by atoms with E-state index >= 15 is 0 Å². The van der Waals surface area contributed by atoms with Gasteiger partial charge in [-0.2, -0.15) is 0 Å². The van der Waals surface area contributed by atoms with Crippen molar-refractivity contribution in [2.24, 2.45) is 0 Å². The second-order valence-electron chi connectivity index (χ2n) is 0.558. The molecular weight excluding hydrogens is 167 g/mol. The molecule has 33 valence electrons. The van der Waals surface area contributed by atoms with Gasteiger partial charge < -0.3 is 7.43 Å². The predicted octanol–water partition coefficient (Wildman–Crippen LogP) is 0.868. The van der Waals surface area contributed by atoms with Gasteiger partial charge in [-0.3, -0.25) is 0 Å². The summed E-state index contributed by atoms with van der Waals surface area (Å²) in [5, 5.41) is 0. The first-order chi connectivity index (χ1) is 1.91. The SMILES string of the molecule is [B]CPC.[CH3-].[Y]. The van der Waals surface area contributed by atoms with Crippen molar-refractivity contribution in [2.75, 3.05) is 12.7 Å². The van der Waals surface area contributed by atoms with Gasteiger partial charge in [0.1, 0.15) is 0 Å². The minimum Gasteiger partial charge on any atom is -0.358 e. The molecule has 0 fully saturated rings. The molecule has 6 heavy (non-hydrogen) atoms. The van der Waals surface area contributed by atoms with Crippen LogP contribution in [0.15, 0.2) is 0 Å². The van der Waals surface area contributed by atoms with Crippen LogP contribution in [0.2, 0.25) is 0 Å². The zero-order valence-corrected chi connectivity index (χ0v) is 8.20. The van der Waals surface area contributed by atoms with Gasteiger partial charge in [0.2, 0.25) is 0 Å². The standard InChI is InChI=1S/C2H6BP.CH3.Y/c1-4-2-3;;/h4H,2H2,1H3;1H3;/q;-1;. The molecule has 0 aromatic rings. The van der Waals surface area contributed by atoms with Crippen LogP contribution in [0.3, 0.4) is 0 Å². The number of hydrogen-bond acceptors (Lipinski definition) is 0. The summed E-state index contributed by atoms with van der Waals surface area (Å²) in [5.74, 6) is 0. The van der Waals surface area contributed by atoms with Crippen LogP contribution in [0.4, 0.5) is 0 Å². The molecule has 0 aliphatic heterocycles. The molecule has 0 amide bonds. The Labute approximate surface area is 68.9 Å². The summed E-state index contributed by atoms with van der Waals surface area (Å²) in [6.45, 7) is 2.08. The molecule has 0 saturated heterocycles. The van der Waals surface area contributed by atoms with Crippen LogP contribution < -0.4 is 0 Å². The molecule has 3 radical (unpaired) electrons. The average molecular weight is 176 g/mol. The summed E-state index contributed by atoms with van der Waals surface area (Å²) in [7, 11) is 5.96. The zero-order chi connectivity index (χ0) is 3.41. The van der Waals surface area contributed by atoms with Gasteiger partial charge in [-0.05, 0) is 6.66 Å². The third kappa shape index (κ3) is 17.5. The first-order valence-electron chi connectivity index (χ1n) is 1.26. The van der Waals surface area contributed by atoms with Crippen molar-refractivity contribution in [1.82, 2.24) is 0 Å². The summed E-state index contributed by atoms with van der Waals surface area (Å²) in [5.41, 5.74) is 0. The maximum atomic E-state index is 5.04. The Morgan fingerprint density at radius 3 is 1.83 bits per heavy atom. The van der Waals surface area contributed by atoms with Gasteiger partial charge in [0.05, 0.1) is 7.85 Å². The van der Waals surface area contributed by atoms with Crippen LogP contribution in [-0.2, 0) is 32.7 Å². The summed E-state index contributed by atoms with van der Waals surface area (Å²) >= 11 is 0. The third-order valence-corrected chi connectivity index (χ3v) is 0.612. The molecule has 0 bridgehead atoms. The Kier molecular flexibility index (Phi) is 41.6. The van der Waals surface area contributed by atoms with E-state index in [9.17, 15) is 0 Å². The van der Waals surface area contributed by atoms with Gasteiger partial charge in [-0.1, -0.05) is 6.06 Å². The van der Waals surface area contributed by atoms with E-state index in [4.69, 9.17) is 7.85 Å². The van der Waals surface area contributed by atoms with Crippen molar-refractivity contribution in [2.45, 2.75) is 0 Å². The average Bonchev–Trinajstić information content (AvgIpc) is 1.37. The minimum atomic E-state index is 0. The third-order valence-electron chi connectivity index (χ3n) is 0.204. The quantitative estimate of drug-likeness (QED) is 0.315. The van der Waals surface area contributed by atoms with Gasteiger partial charge >= 0.3 is 0 Å².